The van der Waals surface area contributed by atoms with Crippen LogP contribution in [-0.4, -0.2) is 51.9 Å². The second-order valence-electron chi connectivity index (χ2n) is 5.75. The highest BCUT2D eigenvalue weighted by Gasteiger charge is 2.12. The number of hydrogen-bond donors (Lipinski definition) is 6. The van der Waals surface area contributed by atoms with E-state index in [0.29, 0.717) is 24.7 Å². The summed E-state index contributed by atoms with van der Waals surface area (Å²) in [7, 11) is 0. The number of nitrogens with two attached hydrogens (primary N) is 3. The van der Waals surface area contributed by atoms with Crippen LogP contribution in [0.2, 0.25) is 0 Å². The van der Waals surface area contributed by atoms with Crippen molar-refractivity contribution >= 4 is 17.9 Å². The van der Waals surface area contributed by atoms with E-state index in [0.717, 1.165) is 0 Å². The van der Waals surface area contributed by atoms with Crippen LogP contribution in [0, 0.1) is 11.8 Å². The van der Waals surface area contributed by atoms with Gasteiger partial charge in [-0.1, -0.05) is 27.7 Å². The van der Waals surface area contributed by atoms with Crippen LogP contribution in [0.4, 0.5) is 0 Å². The van der Waals surface area contributed by atoms with Crippen LogP contribution < -0.4 is 17.2 Å². The zero-order valence-electron chi connectivity index (χ0n) is 14.2. The third-order valence-electron chi connectivity index (χ3n) is 2.26. The van der Waals surface area contributed by atoms with Crippen molar-refractivity contribution in [3.8, 4) is 0 Å². The van der Waals surface area contributed by atoms with Crippen LogP contribution in [0.5, 0.6) is 0 Å². The van der Waals surface area contributed by atoms with Crippen molar-refractivity contribution in [3.63, 3.8) is 0 Å². The van der Waals surface area contributed by atoms with Crippen LogP contribution in [0.25, 0.3) is 0 Å². The first kappa shape index (κ1) is 26.2. The van der Waals surface area contributed by atoms with Crippen molar-refractivity contribution in [3.05, 3.63) is 0 Å². The van der Waals surface area contributed by atoms with Crippen LogP contribution >= 0.6 is 0 Å². The topological polar surface area (TPSA) is 190 Å². The minimum atomic E-state index is -0.968. The monoisotopic (exact) mass is 337 g/mol. The molecule has 138 valence electrons. The predicted molar refractivity (Wildman–Crippen MR) is 86.8 cm³/mol. The molecule has 0 aliphatic rings. The van der Waals surface area contributed by atoms with Crippen LogP contribution in [0.15, 0.2) is 0 Å². The smallest absolute Gasteiger partial charge is 0.320 e. The molecule has 0 amide bonds. The Balaban J connectivity index is -0.000000273. The molecule has 0 saturated heterocycles. The molecule has 0 unspecified atom stereocenters. The maximum atomic E-state index is 10.1. The number of hydrogen-bond acceptors (Lipinski definition) is 6. The molecular formula is C14H31N3O6. The van der Waals surface area contributed by atoms with Gasteiger partial charge < -0.3 is 32.5 Å². The average Bonchev–Trinajstić information content (AvgIpc) is 2.38. The van der Waals surface area contributed by atoms with Crippen molar-refractivity contribution < 1.29 is 29.7 Å². The minimum Gasteiger partial charge on any atom is -0.480 e. The summed E-state index contributed by atoms with van der Waals surface area (Å²) in [4.78, 5) is 29.5. The summed E-state index contributed by atoms with van der Waals surface area (Å²) in [5, 5.41) is 24.2. The van der Waals surface area contributed by atoms with E-state index in [9.17, 15) is 14.4 Å². The molecule has 0 aromatic carbocycles. The van der Waals surface area contributed by atoms with Crippen molar-refractivity contribution in [2.75, 3.05) is 6.54 Å². The second-order valence-corrected chi connectivity index (χ2v) is 5.75. The molecule has 0 radical (unpaired) electrons. The molecule has 0 aliphatic carbocycles. The molecule has 9 heteroatoms. The Morgan fingerprint density at radius 1 is 0.783 bits per heavy atom. The molecule has 9 nitrogen and oxygen atoms in total. The van der Waals surface area contributed by atoms with Gasteiger partial charge in [0.1, 0.15) is 12.1 Å². The van der Waals surface area contributed by atoms with Gasteiger partial charge in [-0.2, -0.15) is 0 Å². The molecule has 0 aromatic heterocycles. The van der Waals surface area contributed by atoms with Gasteiger partial charge in [0.2, 0.25) is 0 Å². The summed E-state index contributed by atoms with van der Waals surface area (Å²) >= 11 is 0. The van der Waals surface area contributed by atoms with E-state index in [1.54, 1.807) is 0 Å². The van der Waals surface area contributed by atoms with E-state index >= 15 is 0 Å². The fourth-order valence-corrected chi connectivity index (χ4v) is 1.22. The van der Waals surface area contributed by atoms with Gasteiger partial charge in [0.05, 0.1) is 6.54 Å². The third kappa shape index (κ3) is 25.6. The van der Waals surface area contributed by atoms with Gasteiger partial charge in [0, 0.05) is 0 Å². The van der Waals surface area contributed by atoms with E-state index < -0.39 is 30.0 Å². The third-order valence-corrected chi connectivity index (χ3v) is 2.26. The highest BCUT2D eigenvalue weighted by atomic mass is 16.4. The lowest BCUT2D eigenvalue weighted by Crippen LogP contribution is -2.31. The molecule has 0 spiro atoms. The zero-order valence-corrected chi connectivity index (χ0v) is 14.2. The number of rotatable bonds is 7. The maximum Gasteiger partial charge on any atom is 0.320 e. The predicted octanol–water partition coefficient (Wildman–Crippen LogP) is -0.0815. The van der Waals surface area contributed by atoms with Gasteiger partial charge in [0.15, 0.2) is 0 Å². The number of carbonyl (C=O) groups is 3. The Bertz CT molecular complexity index is 321. The Morgan fingerprint density at radius 2 is 1.00 bits per heavy atom. The molecule has 23 heavy (non-hydrogen) atoms. The lowest BCUT2D eigenvalue weighted by atomic mass is 10.1. The van der Waals surface area contributed by atoms with Crippen molar-refractivity contribution in [2.24, 2.45) is 29.0 Å². The van der Waals surface area contributed by atoms with Crippen molar-refractivity contribution in [1.82, 2.24) is 0 Å². The van der Waals surface area contributed by atoms with E-state index in [1.165, 1.54) is 0 Å². The summed E-state index contributed by atoms with van der Waals surface area (Å²) < 4.78 is 0. The first-order valence-corrected chi connectivity index (χ1v) is 7.23. The van der Waals surface area contributed by atoms with E-state index in [2.05, 4.69) is 5.73 Å². The SMILES string of the molecule is CC(C)C[C@H](N)C(=O)O.CC(C)C[C@H](N)C(=O)O.NCC(=O)O. The molecular weight excluding hydrogens is 306 g/mol. The van der Waals surface area contributed by atoms with E-state index in [-0.39, 0.29) is 6.54 Å². The first-order chi connectivity index (χ1) is 10.3. The quantitative estimate of drug-likeness (QED) is 0.368. The largest absolute Gasteiger partial charge is 0.480 e. The standard InChI is InChI=1S/2C6H13NO2.C2H5NO2/c2*1-4(2)3-5(7)6(8)9;3-1-2(4)5/h2*4-5H,3,7H2,1-2H3,(H,8,9);1,3H2,(H,4,5)/t2*5-;/m00./s1. The summed E-state index contributed by atoms with van der Waals surface area (Å²) in [6.07, 6.45) is 1.10. The molecule has 0 rings (SSSR count). The Kier molecular flexibility index (Phi) is 17.3. The van der Waals surface area contributed by atoms with Crippen LogP contribution in [-0.2, 0) is 14.4 Å². The normalized spacial score (nSPS) is 12.4. The van der Waals surface area contributed by atoms with Gasteiger partial charge >= 0.3 is 17.9 Å². The molecule has 0 heterocycles. The van der Waals surface area contributed by atoms with Gasteiger partial charge in [-0.3, -0.25) is 14.4 Å². The van der Waals surface area contributed by atoms with Gasteiger partial charge in [-0.05, 0) is 24.7 Å². The second kappa shape index (κ2) is 15.2. The van der Waals surface area contributed by atoms with E-state index in [1.807, 2.05) is 27.7 Å². The first-order valence-electron chi connectivity index (χ1n) is 7.23. The average molecular weight is 337 g/mol. The Labute approximate surface area is 136 Å². The fourth-order valence-electron chi connectivity index (χ4n) is 1.22. The number of carboxylic acids is 3. The summed E-state index contributed by atoms with van der Waals surface area (Å²) in [5.41, 5.74) is 15.0. The molecule has 0 aliphatic heterocycles. The molecule has 2 atom stereocenters. The van der Waals surface area contributed by atoms with Gasteiger partial charge in [-0.25, -0.2) is 0 Å². The van der Waals surface area contributed by atoms with Crippen molar-refractivity contribution in [2.45, 2.75) is 52.6 Å². The summed E-state index contributed by atoms with van der Waals surface area (Å²) in [6.45, 7) is 7.51. The maximum absolute atomic E-state index is 10.1. The van der Waals surface area contributed by atoms with E-state index in [4.69, 9.17) is 26.8 Å². The van der Waals surface area contributed by atoms with Gasteiger partial charge in [0.25, 0.3) is 0 Å². The summed E-state index contributed by atoms with van der Waals surface area (Å²) in [6, 6.07) is -1.38. The zero-order chi connectivity index (χ0) is 19.2. The fraction of sp³-hybridized carbons (Fsp3) is 0.786. The molecule has 0 bridgehead atoms. The molecule has 0 saturated carbocycles. The highest BCUT2D eigenvalue weighted by molar-refractivity contribution is 5.73. The molecule has 0 aromatic rings. The highest BCUT2D eigenvalue weighted by Crippen LogP contribution is 2.02. The lowest BCUT2D eigenvalue weighted by Gasteiger charge is -2.07. The van der Waals surface area contributed by atoms with Crippen molar-refractivity contribution in [1.29, 1.82) is 0 Å². The Hall–Kier alpha value is -1.71. The number of carboxylic acid groups (broad SMARTS) is 3. The molecule has 9 N–H and O–H groups in total. The van der Waals surface area contributed by atoms with Gasteiger partial charge in [-0.15, -0.1) is 0 Å². The number of aliphatic carboxylic acids is 3. The minimum absolute atomic E-state index is 0.278. The molecule has 0 fully saturated rings. The lowest BCUT2D eigenvalue weighted by molar-refractivity contribution is -0.139. The van der Waals surface area contributed by atoms with Crippen LogP contribution in [0.1, 0.15) is 40.5 Å². The van der Waals surface area contributed by atoms with Crippen LogP contribution in [0.3, 0.4) is 0 Å². The Morgan fingerprint density at radius 3 is 1.04 bits per heavy atom. The summed E-state index contributed by atoms with van der Waals surface area (Å²) in [5.74, 6) is -2.08.